The summed E-state index contributed by atoms with van der Waals surface area (Å²) >= 11 is 0. The van der Waals surface area contributed by atoms with Gasteiger partial charge in [-0.2, -0.15) is 0 Å². The first kappa shape index (κ1) is 9.51. The van der Waals surface area contributed by atoms with Crippen LogP contribution in [0.2, 0.25) is 0 Å². The van der Waals surface area contributed by atoms with E-state index in [1.807, 2.05) is 0 Å². The largest absolute Gasteiger partial charge is 0.393 e. The van der Waals surface area contributed by atoms with Gasteiger partial charge >= 0.3 is 0 Å². The minimum Gasteiger partial charge on any atom is -0.393 e. The molecule has 2 atom stereocenters. The Morgan fingerprint density at radius 2 is 1.40 bits per heavy atom. The van der Waals surface area contributed by atoms with Crippen molar-refractivity contribution < 1.29 is 25.2 Å². The molecule has 0 aliphatic rings. The van der Waals surface area contributed by atoms with Crippen molar-refractivity contribution in [2.45, 2.75) is 12.2 Å². The molecule has 0 unspecified atom stereocenters. The molecule has 0 aromatic carbocycles. The van der Waals surface area contributed by atoms with Gasteiger partial charge in [0.2, 0.25) is 0 Å². The first-order valence-electron chi connectivity index (χ1n) is 2.75. The Balaban J connectivity index is 3.82. The van der Waals surface area contributed by atoms with Gasteiger partial charge in [0, 0.05) is 0 Å². The summed E-state index contributed by atoms with van der Waals surface area (Å²) in [4.78, 5) is 10.5. The Hall–Kier alpha value is -0.490. The maximum atomic E-state index is 10.5. The predicted molar refractivity (Wildman–Crippen MR) is 31.2 cm³/mol. The number of aliphatic hydroxyl groups is 4. The lowest BCUT2D eigenvalue weighted by Crippen LogP contribution is -2.36. The topological polar surface area (TPSA) is 98.0 Å². The number of ketones is 1. The normalized spacial score (nSPS) is 16.4. The van der Waals surface area contributed by atoms with E-state index in [1.165, 1.54) is 0 Å². The molecule has 10 heavy (non-hydrogen) atoms. The first-order valence-corrected chi connectivity index (χ1v) is 2.75. The third-order valence-electron chi connectivity index (χ3n) is 1.00. The Labute approximate surface area is 57.5 Å². The summed E-state index contributed by atoms with van der Waals surface area (Å²) in [5, 5.41) is 33.5. The van der Waals surface area contributed by atoms with E-state index in [0.29, 0.717) is 0 Å². The number of Topliss-reactive ketones (excluding diaryl/α,β-unsaturated/α-hetero) is 1. The molecule has 0 fully saturated rings. The van der Waals surface area contributed by atoms with Gasteiger partial charge in [-0.05, 0) is 0 Å². The highest BCUT2D eigenvalue weighted by Gasteiger charge is 2.21. The molecule has 0 saturated heterocycles. The number of rotatable bonds is 4. The van der Waals surface area contributed by atoms with Crippen LogP contribution in [0.1, 0.15) is 0 Å². The fourth-order valence-electron chi connectivity index (χ4n) is 0.402. The highest BCUT2D eigenvalue weighted by atomic mass is 16.3. The molecule has 0 radical (unpaired) electrons. The van der Waals surface area contributed by atoms with Crippen molar-refractivity contribution in [2.24, 2.45) is 0 Å². The molecule has 0 bridgehead atoms. The van der Waals surface area contributed by atoms with Gasteiger partial charge in [0.05, 0.1) is 13.2 Å². The molecule has 0 spiro atoms. The second-order valence-electron chi connectivity index (χ2n) is 1.80. The summed E-state index contributed by atoms with van der Waals surface area (Å²) in [6, 6.07) is 0. The number of hydrogen-bond donors (Lipinski definition) is 4. The van der Waals surface area contributed by atoms with Crippen LogP contribution >= 0.6 is 0 Å². The van der Waals surface area contributed by atoms with Crippen molar-refractivity contribution in [2.75, 3.05) is 13.2 Å². The zero-order valence-electron chi connectivity index (χ0n) is 5.27. The van der Waals surface area contributed by atoms with E-state index in [4.69, 9.17) is 20.4 Å². The van der Waals surface area contributed by atoms with Crippen molar-refractivity contribution in [1.29, 1.82) is 0 Å². The number of aliphatic hydroxyl groups excluding tert-OH is 4. The molecule has 0 saturated carbocycles. The fourth-order valence-corrected chi connectivity index (χ4v) is 0.402. The minimum absolute atomic E-state index is 0.740. The smallest absolute Gasteiger partial charge is 0.194 e. The van der Waals surface area contributed by atoms with Crippen LogP contribution in [0.3, 0.4) is 0 Å². The van der Waals surface area contributed by atoms with E-state index in [9.17, 15) is 4.79 Å². The second-order valence-corrected chi connectivity index (χ2v) is 1.80. The van der Waals surface area contributed by atoms with Gasteiger partial charge in [0.15, 0.2) is 5.78 Å². The molecule has 0 aliphatic heterocycles. The van der Waals surface area contributed by atoms with E-state index in [-0.39, 0.29) is 0 Å². The zero-order chi connectivity index (χ0) is 8.15. The van der Waals surface area contributed by atoms with Gasteiger partial charge < -0.3 is 20.4 Å². The van der Waals surface area contributed by atoms with Gasteiger partial charge in [-0.25, -0.2) is 0 Å². The summed E-state index contributed by atoms with van der Waals surface area (Å²) in [7, 11) is 0. The van der Waals surface area contributed by atoms with E-state index >= 15 is 0 Å². The highest BCUT2D eigenvalue weighted by Crippen LogP contribution is 1.90. The summed E-state index contributed by atoms with van der Waals surface area (Å²) in [5.41, 5.74) is 0. The van der Waals surface area contributed by atoms with Crippen molar-refractivity contribution in [3.05, 3.63) is 0 Å². The van der Waals surface area contributed by atoms with Crippen LogP contribution in [0.15, 0.2) is 0 Å². The fraction of sp³-hybridized carbons (Fsp3) is 0.800. The Bertz CT molecular complexity index is 101. The Kier molecular flexibility index (Phi) is 4.13. The summed E-state index contributed by atoms with van der Waals surface area (Å²) in [5.74, 6) is -0.968. The lowest BCUT2D eigenvalue weighted by atomic mass is 10.1. The molecule has 0 heterocycles. The molecule has 4 N–H and O–H groups in total. The van der Waals surface area contributed by atoms with Gasteiger partial charge in [-0.3, -0.25) is 4.79 Å². The molecule has 5 heteroatoms. The van der Waals surface area contributed by atoms with Crippen LogP contribution in [0.5, 0.6) is 0 Å². The van der Waals surface area contributed by atoms with Crippen molar-refractivity contribution in [1.82, 2.24) is 0 Å². The average molecular weight is 150 g/mol. The second kappa shape index (κ2) is 4.35. The molecule has 5 nitrogen and oxygen atoms in total. The van der Waals surface area contributed by atoms with E-state index in [2.05, 4.69) is 0 Å². The SMILES string of the molecule is O=C([C@H](O)CO)[C@@H](O)CO. The highest BCUT2D eigenvalue weighted by molar-refractivity contribution is 5.87. The van der Waals surface area contributed by atoms with Gasteiger partial charge in [-0.15, -0.1) is 0 Å². The molecule has 0 aliphatic carbocycles. The summed E-state index contributed by atoms with van der Waals surface area (Å²) < 4.78 is 0. The molecule has 0 aromatic heterocycles. The molecule has 0 aromatic rings. The predicted octanol–water partition coefficient (Wildman–Crippen LogP) is -2.74. The van der Waals surface area contributed by atoms with E-state index in [0.717, 1.165) is 0 Å². The summed E-state index contributed by atoms with van der Waals surface area (Å²) in [6.45, 7) is -1.48. The van der Waals surface area contributed by atoms with Gasteiger partial charge in [0.1, 0.15) is 12.2 Å². The van der Waals surface area contributed by atoms with Crippen LogP contribution in [-0.4, -0.2) is 51.6 Å². The van der Waals surface area contributed by atoms with Gasteiger partial charge in [-0.1, -0.05) is 0 Å². The number of hydrogen-bond acceptors (Lipinski definition) is 5. The van der Waals surface area contributed by atoms with Crippen LogP contribution < -0.4 is 0 Å². The molecule has 0 amide bonds. The summed E-state index contributed by atoms with van der Waals surface area (Å²) in [6.07, 6.45) is -3.19. The van der Waals surface area contributed by atoms with Crippen molar-refractivity contribution >= 4 is 5.78 Å². The monoisotopic (exact) mass is 150 g/mol. The number of carbonyl (C=O) groups excluding carboxylic acids is 1. The Morgan fingerprint density at radius 1 is 1.10 bits per heavy atom. The molecular weight excluding hydrogens is 140 g/mol. The maximum absolute atomic E-state index is 10.5. The molecule has 0 rings (SSSR count). The third kappa shape index (κ3) is 2.40. The molecular formula is C5H10O5. The van der Waals surface area contributed by atoms with Crippen molar-refractivity contribution in [3.63, 3.8) is 0 Å². The van der Waals surface area contributed by atoms with Crippen LogP contribution in [-0.2, 0) is 4.79 Å². The molecule has 60 valence electrons. The van der Waals surface area contributed by atoms with Gasteiger partial charge in [0.25, 0.3) is 0 Å². The quantitative estimate of drug-likeness (QED) is 0.348. The van der Waals surface area contributed by atoms with Crippen LogP contribution in [0.4, 0.5) is 0 Å². The van der Waals surface area contributed by atoms with E-state index in [1.54, 1.807) is 0 Å². The average Bonchev–Trinajstić information content (AvgIpc) is 2.00. The first-order chi connectivity index (χ1) is 4.63. The maximum Gasteiger partial charge on any atom is 0.194 e. The van der Waals surface area contributed by atoms with Crippen LogP contribution in [0.25, 0.3) is 0 Å². The zero-order valence-corrected chi connectivity index (χ0v) is 5.27. The number of carbonyl (C=O) groups is 1. The van der Waals surface area contributed by atoms with E-state index < -0.39 is 31.2 Å². The Morgan fingerprint density at radius 3 is 1.60 bits per heavy atom. The third-order valence-corrected chi connectivity index (χ3v) is 1.00. The van der Waals surface area contributed by atoms with Crippen molar-refractivity contribution in [3.8, 4) is 0 Å². The lowest BCUT2D eigenvalue weighted by molar-refractivity contribution is -0.139. The lowest BCUT2D eigenvalue weighted by Gasteiger charge is -2.08. The minimum atomic E-state index is -1.60. The van der Waals surface area contributed by atoms with Crippen LogP contribution in [0, 0.1) is 0 Å². The standard InChI is InChI=1S/C5H10O5/c6-1-3(8)5(10)4(9)2-7/h3-4,6-9H,1-2H2/t3-,4+.